The van der Waals surface area contributed by atoms with E-state index >= 15 is 0 Å². The van der Waals surface area contributed by atoms with Crippen LogP contribution in [-0.4, -0.2) is 29.6 Å². The van der Waals surface area contributed by atoms with Gasteiger partial charge in [0.25, 0.3) is 0 Å². The molecule has 0 unspecified atom stereocenters. The van der Waals surface area contributed by atoms with Crippen molar-refractivity contribution in [3.8, 4) is 0 Å². The number of hydrogen-bond acceptors (Lipinski definition) is 1. The molecule has 2 rings (SSSR count). The zero-order valence-electron chi connectivity index (χ0n) is 12.3. The van der Waals surface area contributed by atoms with E-state index in [-0.39, 0.29) is 11.8 Å². The van der Waals surface area contributed by atoms with Crippen molar-refractivity contribution in [3.05, 3.63) is 47.4 Å². The van der Waals surface area contributed by atoms with Gasteiger partial charge in [-0.1, -0.05) is 11.6 Å². The summed E-state index contributed by atoms with van der Waals surface area (Å²) in [6.07, 6.45) is 2.71. The van der Waals surface area contributed by atoms with Crippen molar-refractivity contribution < 1.29 is 9.18 Å². The Morgan fingerprint density at radius 3 is 2.60 bits per heavy atom. The van der Waals surface area contributed by atoms with Crippen molar-refractivity contribution in [1.29, 1.82) is 0 Å². The highest BCUT2D eigenvalue weighted by Crippen LogP contribution is 2.22. The van der Waals surface area contributed by atoms with Crippen LogP contribution in [-0.2, 0) is 6.42 Å². The van der Waals surface area contributed by atoms with Crippen LogP contribution in [0.5, 0.6) is 0 Å². The predicted molar refractivity (Wildman–Crippen MR) is 79.5 cm³/mol. The minimum absolute atomic E-state index is 0.164. The lowest BCUT2D eigenvalue weighted by Gasteiger charge is -2.14. The SMILES string of the molecule is CC(C)=CCc1cc2ccc(F)cc2n1C(=O)N(C)C. The third-order valence-corrected chi connectivity index (χ3v) is 3.14. The quantitative estimate of drug-likeness (QED) is 0.764. The molecule has 1 aromatic carbocycles. The lowest BCUT2D eigenvalue weighted by Crippen LogP contribution is -2.28. The van der Waals surface area contributed by atoms with Gasteiger partial charge in [-0.15, -0.1) is 0 Å². The molecular formula is C16H19FN2O. The van der Waals surface area contributed by atoms with Crippen molar-refractivity contribution in [2.24, 2.45) is 0 Å². The minimum atomic E-state index is -0.336. The summed E-state index contributed by atoms with van der Waals surface area (Å²) in [4.78, 5) is 13.8. The van der Waals surface area contributed by atoms with Gasteiger partial charge in [-0.2, -0.15) is 0 Å². The second kappa shape index (κ2) is 5.49. The van der Waals surface area contributed by atoms with Crippen LogP contribution < -0.4 is 0 Å². The van der Waals surface area contributed by atoms with Crippen molar-refractivity contribution in [2.45, 2.75) is 20.3 Å². The summed E-state index contributed by atoms with van der Waals surface area (Å²) in [5.74, 6) is -0.336. The third kappa shape index (κ3) is 2.74. The lowest BCUT2D eigenvalue weighted by atomic mass is 10.2. The number of nitrogens with zero attached hydrogens (tertiary/aromatic N) is 2. The molecule has 4 heteroatoms. The first-order chi connectivity index (χ1) is 9.40. The highest BCUT2D eigenvalue weighted by molar-refractivity contribution is 5.92. The summed E-state index contributed by atoms with van der Waals surface area (Å²) in [6, 6.07) is 6.30. The van der Waals surface area contributed by atoms with Crippen molar-refractivity contribution in [3.63, 3.8) is 0 Å². The second-order valence-electron chi connectivity index (χ2n) is 5.34. The number of amides is 1. The number of allylic oxidation sites excluding steroid dienone is 2. The van der Waals surface area contributed by atoms with E-state index in [0.717, 1.165) is 11.1 Å². The maximum atomic E-state index is 13.5. The van der Waals surface area contributed by atoms with E-state index < -0.39 is 0 Å². The zero-order chi connectivity index (χ0) is 14.9. The molecule has 0 fully saturated rings. The molecule has 0 aliphatic heterocycles. The van der Waals surface area contributed by atoms with Crippen LogP contribution in [0.25, 0.3) is 10.9 Å². The highest BCUT2D eigenvalue weighted by atomic mass is 19.1. The predicted octanol–water partition coefficient (Wildman–Crippen LogP) is 3.82. The first-order valence-electron chi connectivity index (χ1n) is 6.55. The van der Waals surface area contributed by atoms with Gasteiger partial charge in [0.2, 0.25) is 0 Å². The van der Waals surface area contributed by atoms with Crippen LogP contribution >= 0.6 is 0 Å². The molecule has 2 aromatic rings. The van der Waals surface area contributed by atoms with Crippen molar-refractivity contribution in [2.75, 3.05) is 14.1 Å². The standard InChI is InChI=1S/C16H19FN2O/c1-11(2)5-8-14-9-12-6-7-13(17)10-15(12)19(14)16(20)18(3)4/h5-7,9-10H,8H2,1-4H3. The van der Waals surface area contributed by atoms with Gasteiger partial charge in [0.1, 0.15) is 5.82 Å². The fourth-order valence-electron chi connectivity index (χ4n) is 2.12. The van der Waals surface area contributed by atoms with Gasteiger partial charge in [-0.05, 0) is 38.1 Å². The summed E-state index contributed by atoms with van der Waals surface area (Å²) >= 11 is 0. The average molecular weight is 274 g/mol. The van der Waals surface area contributed by atoms with Crippen LogP contribution in [0.1, 0.15) is 19.5 Å². The number of carbonyl (C=O) groups is 1. The summed E-state index contributed by atoms with van der Waals surface area (Å²) in [5.41, 5.74) is 2.66. The van der Waals surface area contributed by atoms with Crippen LogP contribution in [0.2, 0.25) is 0 Å². The Morgan fingerprint density at radius 1 is 1.30 bits per heavy atom. The molecule has 0 spiro atoms. The molecular weight excluding hydrogens is 255 g/mol. The lowest BCUT2D eigenvalue weighted by molar-refractivity contribution is 0.219. The first kappa shape index (κ1) is 14.3. The van der Waals surface area contributed by atoms with Crippen molar-refractivity contribution >= 4 is 16.9 Å². The molecule has 0 saturated heterocycles. The fraction of sp³-hybridized carbons (Fsp3) is 0.312. The number of fused-ring (bicyclic) bond motifs is 1. The summed E-state index contributed by atoms with van der Waals surface area (Å²) in [7, 11) is 3.39. The van der Waals surface area contributed by atoms with E-state index in [9.17, 15) is 9.18 Å². The zero-order valence-corrected chi connectivity index (χ0v) is 12.3. The molecule has 3 nitrogen and oxygen atoms in total. The topological polar surface area (TPSA) is 25.2 Å². The highest BCUT2D eigenvalue weighted by Gasteiger charge is 2.16. The fourth-order valence-corrected chi connectivity index (χ4v) is 2.12. The van der Waals surface area contributed by atoms with Gasteiger partial charge in [0.05, 0.1) is 5.52 Å². The van der Waals surface area contributed by atoms with Gasteiger partial charge in [0, 0.05) is 31.6 Å². The van der Waals surface area contributed by atoms with Gasteiger partial charge in [-0.3, -0.25) is 4.57 Å². The van der Waals surface area contributed by atoms with Crippen LogP contribution in [0.4, 0.5) is 9.18 Å². The monoisotopic (exact) mass is 274 g/mol. The minimum Gasteiger partial charge on any atom is -0.330 e. The third-order valence-electron chi connectivity index (χ3n) is 3.14. The molecule has 0 atom stereocenters. The Hall–Kier alpha value is -2.10. The molecule has 1 amide bonds. The van der Waals surface area contributed by atoms with Gasteiger partial charge >= 0.3 is 6.03 Å². The van der Waals surface area contributed by atoms with Crippen molar-refractivity contribution in [1.82, 2.24) is 9.47 Å². The molecule has 0 aliphatic rings. The summed E-state index contributed by atoms with van der Waals surface area (Å²) < 4.78 is 15.0. The molecule has 20 heavy (non-hydrogen) atoms. The second-order valence-corrected chi connectivity index (χ2v) is 5.34. The van der Waals surface area contributed by atoms with E-state index in [0.29, 0.717) is 11.9 Å². The van der Waals surface area contributed by atoms with E-state index in [2.05, 4.69) is 6.08 Å². The average Bonchev–Trinajstić information content (AvgIpc) is 2.72. The smallest absolute Gasteiger partial charge is 0.328 e. The van der Waals surface area contributed by atoms with Gasteiger partial charge in [0.15, 0.2) is 0 Å². The van der Waals surface area contributed by atoms with E-state index in [1.807, 2.05) is 19.9 Å². The van der Waals surface area contributed by atoms with E-state index in [1.54, 1.807) is 24.7 Å². The summed E-state index contributed by atoms with van der Waals surface area (Å²) in [6.45, 7) is 4.03. The maximum Gasteiger partial charge on any atom is 0.328 e. The molecule has 0 N–H and O–H groups in total. The van der Waals surface area contributed by atoms with Gasteiger partial charge in [-0.25, -0.2) is 9.18 Å². The number of carbonyl (C=O) groups excluding carboxylic acids is 1. The summed E-state index contributed by atoms with van der Waals surface area (Å²) in [5, 5.41) is 0.874. The van der Waals surface area contributed by atoms with E-state index in [1.165, 1.54) is 22.6 Å². The molecule has 0 bridgehead atoms. The maximum absolute atomic E-state index is 13.5. The Balaban J connectivity index is 2.63. The van der Waals surface area contributed by atoms with Crippen LogP contribution in [0.3, 0.4) is 0 Å². The Morgan fingerprint density at radius 2 is 2.00 bits per heavy atom. The number of benzene rings is 1. The van der Waals surface area contributed by atoms with Crippen LogP contribution in [0, 0.1) is 5.82 Å². The number of hydrogen-bond donors (Lipinski definition) is 0. The van der Waals surface area contributed by atoms with E-state index in [4.69, 9.17) is 0 Å². The Kier molecular flexibility index (Phi) is 3.93. The number of aromatic nitrogens is 1. The molecule has 0 saturated carbocycles. The largest absolute Gasteiger partial charge is 0.330 e. The Labute approximate surface area is 118 Å². The molecule has 106 valence electrons. The number of rotatable bonds is 2. The van der Waals surface area contributed by atoms with Crippen LogP contribution in [0.15, 0.2) is 35.9 Å². The molecule has 1 aromatic heterocycles. The molecule has 1 heterocycles. The molecule has 0 radical (unpaired) electrons. The molecule has 0 aliphatic carbocycles. The van der Waals surface area contributed by atoms with Gasteiger partial charge < -0.3 is 4.90 Å². The first-order valence-corrected chi connectivity index (χ1v) is 6.55. The Bertz CT molecular complexity index is 679. The number of halogens is 1. The normalized spacial score (nSPS) is 10.7.